The van der Waals surface area contributed by atoms with Crippen LogP contribution in [0.1, 0.15) is 33.1 Å². The molecular weight excluding hydrogens is 236 g/mol. The number of Topliss-reactive ketones (excluding diaryl/α,β-unsaturated/α-hetero) is 1. The van der Waals surface area contributed by atoms with Gasteiger partial charge in [0, 0.05) is 13.0 Å². The molecule has 1 rings (SSSR count). The Labute approximate surface area is 106 Å². The lowest BCUT2D eigenvalue weighted by molar-refractivity contribution is -0.141. The molecule has 0 aliphatic carbocycles. The minimum absolute atomic E-state index is 0.0562. The van der Waals surface area contributed by atoms with E-state index in [-0.39, 0.29) is 24.0 Å². The molecular formula is C12H20N2O4. The predicted molar refractivity (Wildman–Crippen MR) is 64.7 cm³/mol. The van der Waals surface area contributed by atoms with Gasteiger partial charge in [-0.05, 0) is 19.8 Å². The molecule has 0 aromatic heterocycles. The monoisotopic (exact) mass is 256 g/mol. The fourth-order valence-corrected chi connectivity index (χ4v) is 2.14. The van der Waals surface area contributed by atoms with E-state index in [1.165, 1.54) is 11.8 Å². The van der Waals surface area contributed by atoms with Gasteiger partial charge in [0.25, 0.3) is 0 Å². The summed E-state index contributed by atoms with van der Waals surface area (Å²) in [5.41, 5.74) is 0. The molecule has 6 heteroatoms. The molecule has 1 fully saturated rings. The number of carbonyl (C=O) groups excluding carboxylic acids is 3. The van der Waals surface area contributed by atoms with Gasteiger partial charge in [-0.15, -0.1) is 0 Å². The Bertz CT molecular complexity index is 343. The average Bonchev–Trinajstić information content (AvgIpc) is 2.83. The maximum atomic E-state index is 12.1. The van der Waals surface area contributed by atoms with Gasteiger partial charge < -0.3 is 15.3 Å². The van der Waals surface area contributed by atoms with Crippen LogP contribution in [0.3, 0.4) is 0 Å². The highest BCUT2D eigenvalue weighted by atomic mass is 16.3. The Kier molecular flexibility index (Phi) is 5.27. The van der Waals surface area contributed by atoms with Gasteiger partial charge in [0.2, 0.25) is 11.8 Å². The van der Waals surface area contributed by atoms with E-state index >= 15 is 0 Å². The van der Waals surface area contributed by atoms with Crippen LogP contribution in [0.5, 0.6) is 0 Å². The first-order chi connectivity index (χ1) is 8.51. The molecule has 18 heavy (non-hydrogen) atoms. The molecule has 0 bridgehead atoms. The number of nitrogens with zero attached hydrogens (tertiary/aromatic N) is 1. The second-order valence-corrected chi connectivity index (χ2v) is 4.46. The number of amides is 2. The number of aliphatic hydroxyl groups is 1. The van der Waals surface area contributed by atoms with Crippen molar-refractivity contribution in [3.8, 4) is 0 Å². The zero-order valence-corrected chi connectivity index (χ0v) is 10.8. The van der Waals surface area contributed by atoms with Gasteiger partial charge in [-0.3, -0.25) is 14.4 Å². The van der Waals surface area contributed by atoms with Crippen molar-refractivity contribution in [2.45, 2.75) is 45.2 Å². The molecule has 6 nitrogen and oxygen atoms in total. The Morgan fingerprint density at radius 3 is 2.61 bits per heavy atom. The number of rotatable bonds is 5. The lowest BCUT2D eigenvalue weighted by atomic mass is 10.1. The third-order valence-electron chi connectivity index (χ3n) is 3.14. The largest absolute Gasteiger partial charge is 0.394 e. The summed E-state index contributed by atoms with van der Waals surface area (Å²) in [6.45, 7) is 3.17. The quantitative estimate of drug-likeness (QED) is 0.691. The fourth-order valence-electron chi connectivity index (χ4n) is 2.14. The Hall–Kier alpha value is -1.43. The molecule has 1 heterocycles. The van der Waals surface area contributed by atoms with Gasteiger partial charge >= 0.3 is 0 Å². The van der Waals surface area contributed by atoms with Crippen molar-refractivity contribution in [1.82, 2.24) is 10.2 Å². The number of likely N-dealkylation sites (tertiary alicyclic amines) is 1. The first-order valence-electron chi connectivity index (χ1n) is 6.22. The Morgan fingerprint density at radius 1 is 1.44 bits per heavy atom. The van der Waals surface area contributed by atoms with Crippen molar-refractivity contribution >= 4 is 17.6 Å². The van der Waals surface area contributed by atoms with Crippen LogP contribution in [0, 0.1) is 0 Å². The molecule has 1 aliphatic heterocycles. The normalized spacial score (nSPS) is 20.6. The van der Waals surface area contributed by atoms with Crippen molar-refractivity contribution in [1.29, 1.82) is 0 Å². The van der Waals surface area contributed by atoms with Crippen LogP contribution in [0.15, 0.2) is 0 Å². The summed E-state index contributed by atoms with van der Waals surface area (Å²) < 4.78 is 0. The molecule has 0 aromatic carbocycles. The van der Waals surface area contributed by atoms with Crippen LogP contribution in [0.2, 0.25) is 0 Å². The lowest BCUT2D eigenvalue weighted by Gasteiger charge is -2.27. The standard InChI is InChI=1S/C12H20N2O4/c1-3-11(17)13-9(7-15)12(18)14-6-4-5-10(14)8(2)16/h9-10,15H,3-7H2,1-2H3,(H,13,17)/t9-,10-/m0/s1. The van der Waals surface area contributed by atoms with Crippen LogP contribution in [0.4, 0.5) is 0 Å². The summed E-state index contributed by atoms with van der Waals surface area (Å²) >= 11 is 0. The molecule has 0 spiro atoms. The summed E-state index contributed by atoms with van der Waals surface area (Å²) in [5.74, 6) is -0.725. The maximum absolute atomic E-state index is 12.1. The van der Waals surface area contributed by atoms with Gasteiger partial charge in [-0.1, -0.05) is 6.92 Å². The summed E-state index contributed by atoms with van der Waals surface area (Å²) in [6.07, 6.45) is 1.68. The SMILES string of the molecule is CCC(=O)N[C@@H](CO)C(=O)N1CCC[C@H]1C(C)=O. The second kappa shape index (κ2) is 6.49. The number of carbonyl (C=O) groups is 3. The third kappa shape index (κ3) is 3.29. The van der Waals surface area contributed by atoms with E-state index < -0.39 is 18.7 Å². The average molecular weight is 256 g/mol. The van der Waals surface area contributed by atoms with Crippen molar-refractivity contribution in [2.24, 2.45) is 0 Å². The van der Waals surface area contributed by atoms with Crippen LogP contribution in [-0.2, 0) is 14.4 Å². The van der Waals surface area contributed by atoms with Gasteiger partial charge in [-0.25, -0.2) is 0 Å². The second-order valence-electron chi connectivity index (χ2n) is 4.46. The molecule has 0 saturated carbocycles. The first-order valence-corrected chi connectivity index (χ1v) is 6.22. The molecule has 0 aromatic rings. The zero-order chi connectivity index (χ0) is 13.7. The van der Waals surface area contributed by atoms with Crippen molar-refractivity contribution in [3.05, 3.63) is 0 Å². The molecule has 1 saturated heterocycles. The number of aliphatic hydroxyl groups excluding tert-OH is 1. The number of ketones is 1. The van der Waals surface area contributed by atoms with Crippen molar-refractivity contribution in [3.63, 3.8) is 0 Å². The summed E-state index contributed by atoms with van der Waals surface area (Å²) in [5, 5.41) is 11.6. The molecule has 2 atom stereocenters. The number of nitrogens with one attached hydrogen (secondary N) is 1. The summed E-state index contributed by atoms with van der Waals surface area (Å²) in [4.78, 5) is 36.3. The molecule has 1 aliphatic rings. The van der Waals surface area contributed by atoms with Crippen LogP contribution in [0.25, 0.3) is 0 Å². The molecule has 102 valence electrons. The Morgan fingerprint density at radius 2 is 2.11 bits per heavy atom. The van der Waals surface area contributed by atoms with E-state index in [0.717, 1.165) is 6.42 Å². The summed E-state index contributed by atoms with van der Waals surface area (Å²) in [7, 11) is 0. The van der Waals surface area contributed by atoms with Gasteiger partial charge in [0.05, 0.1) is 12.6 Å². The van der Waals surface area contributed by atoms with Gasteiger partial charge in [0.15, 0.2) is 5.78 Å². The predicted octanol–water partition coefficient (Wildman–Crippen LogP) is -0.546. The maximum Gasteiger partial charge on any atom is 0.248 e. The van der Waals surface area contributed by atoms with Crippen LogP contribution in [-0.4, -0.2) is 52.8 Å². The highest BCUT2D eigenvalue weighted by molar-refractivity contribution is 5.92. The minimum Gasteiger partial charge on any atom is -0.394 e. The van der Waals surface area contributed by atoms with Crippen molar-refractivity contribution < 1.29 is 19.5 Å². The third-order valence-corrected chi connectivity index (χ3v) is 3.14. The minimum atomic E-state index is -0.947. The number of hydrogen-bond donors (Lipinski definition) is 2. The van der Waals surface area contributed by atoms with Crippen LogP contribution < -0.4 is 5.32 Å². The van der Waals surface area contributed by atoms with E-state index in [4.69, 9.17) is 0 Å². The van der Waals surface area contributed by atoms with E-state index in [1.807, 2.05) is 0 Å². The Balaban J connectivity index is 2.71. The lowest BCUT2D eigenvalue weighted by Crippen LogP contribution is -2.52. The highest BCUT2D eigenvalue weighted by Gasteiger charge is 2.35. The van der Waals surface area contributed by atoms with Gasteiger partial charge in [-0.2, -0.15) is 0 Å². The number of hydrogen-bond acceptors (Lipinski definition) is 4. The fraction of sp³-hybridized carbons (Fsp3) is 0.750. The van der Waals surface area contributed by atoms with E-state index in [2.05, 4.69) is 5.32 Å². The van der Waals surface area contributed by atoms with E-state index in [0.29, 0.717) is 13.0 Å². The van der Waals surface area contributed by atoms with Crippen LogP contribution >= 0.6 is 0 Å². The molecule has 2 amide bonds. The topological polar surface area (TPSA) is 86.7 Å². The van der Waals surface area contributed by atoms with E-state index in [1.54, 1.807) is 6.92 Å². The summed E-state index contributed by atoms with van der Waals surface area (Å²) in [6, 6.07) is -1.36. The molecule has 0 unspecified atom stereocenters. The van der Waals surface area contributed by atoms with Gasteiger partial charge in [0.1, 0.15) is 6.04 Å². The van der Waals surface area contributed by atoms with Crippen molar-refractivity contribution in [2.75, 3.05) is 13.2 Å². The highest BCUT2D eigenvalue weighted by Crippen LogP contribution is 2.19. The molecule has 2 N–H and O–H groups in total. The molecule has 0 radical (unpaired) electrons. The van der Waals surface area contributed by atoms with E-state index in [9.17, 15) is 19.5 Å². The smallest absolute Gasteiger partial charge is 0.248 e. The zero-order valence-electron chi connectivity index (χ0n) is 10.8. The first kappa shape index (κ1) is 14.6.